The molecule has 1 atom stereocenters. The van der Waals surface area contributed by atoms with Gasteiger partial charge in [0.25, 0.3) is 0 Å². The summed E-state index contributed by atoms with van der Waals surface area (Å²) in [6, 6.07) is 6.03. The van der Waals surface area contributed by atoms with Crippen LogP contribution in [0.4, 0.5) is 0 Å². The van der Waals surface area contributed by atoms with Gasteiger partial charge in [0.15, 0.2) is 0 Å². The third kappa shape index (κ3) is 1.86. The molecule has 0 aliphatic carbocycles. The molecular weight excluding hydrogens is 232 g/mol. The zero-order valence-electron chi connectivity index (χ0n) is 7.16. The molecule has 0 amide bonds. The molecule has 1 aromatic carbocycles. The smallest absolute Gasteiger partial charge is 0.124 e. The van der Waals surface area contributed by atoms with E-state index in [2.05, 4.69) is 22.0 Å². The van der Waals surface area contributed by atoms with Crippen LogP contribution in [0.25, 0.3) is 0 Å². The third-order valence-corrected chi connectivity index (χ3v) is 2.76. The van der Waals surface area contributed by atoms with Gasteiger partial charge in [0, 0.05) is 4.47 Å². The van der Waals surface area contributed by atoms with Gasteiger partial charge in [-0.05, 0) is 30.5 Å². The summed E-state index contributed by atoms with van der Waals surface area (Å²) in [5, 5.41) is 8.95. The highest BCUT2D eigenvalue weighted by Crippen LogP contribution is 2.30. The van der Waals surface area contributed by atoms with Gasteiger partial charge in [-0.15, -0.1) is 0 Å². The highest BCUT2D eigenvalue weighted by molar-refractivity contribution is 9.10. The Morgan fingerprint density at radius 3 is 3.15 bits per heavy atom. The van der Waals surface area contributed by atoms with Gasteiger partial charge in [0.05, 0.1) is 6.61 Å². The minimum Gasteiger partial charge on any atom is -0.488 e. The van der Waals surface area contributed by atoms with Crippen LogP contribution in [0, 0.1) is 0 Å². The van der Waals surface area contributed by atoms with Gasteiger partial charge >= 0.3 is 0 Å². The van der Waals surface area contributed by atoms with Gasteiger partial charge in [-0.1, -0.05) is 22.0 Å². The molecule has 0 saturated heterocycles. The van der Waals surface area contributed by atoms with E-state index in [0.29, 0.717) is 0 Å². The van der Waals surface area contributed by atoms with Crippen molar-refractivity contribution >= 4 is 15.9 Å². The molecule has 0 aromatic heterocycles. The van der Waals surface area contributed by atoms with Crippen LogP contribution < -0.4 is 4.74 Å². The van der Waals surface area contributed by atoms with E-state index in [9.17, 15) is 0 Å². The van der Waals surface area contributed by atoms with Crippen LogP contribution in [-0.2, 0) is 6.42 Å². The average molecular weight is 243 g/mol. The fourth-order valence-corrected chi connectivity index (χ4v) is 1.87. The molecule has 0 saturated carbocycles. The van der Waals surface area contributed by atoms with Crippen molar-refractivity contribution in [3.8, 4) is 5.75 Å². The summed E-state index contributed by atoms with van der Waals surface area (Å²) >= 11 is 3.39. The van der Waals surface area contributed by atoms with Crippen LogP contribution in [0.3, 0.4) is 0 Å². The highest BCUT2D eigenvalue weighted by atomic mass is 79.9. The van der Waals surface area contributed by atoms with E-state index in [0.717, 1.165) is 23.1 Å². The molecule has 70 valence electrons. The number of halogens is 1. The number of fused-ring (bicyclic) bond motifs is 1. The van der Waals surface area contributed by atoms with Crippen molar-refractivity contribution in [2.75, 3.05) is 6.61 Å². The van der Waals surface area contributed by atoms with E-state index in [1.54, 1.807) is 0 Å². The Morgan fingerprint density at radius 1 is 1.54 bits per heavy atom. The lowest BCUT2D eigenvalue weighted by Gasteiger charge is -2.24. The number of rotatable bonds is 1. The Bertz CT molecular complexity index is 312. The van der Waals surface area contributed by atoms with Crippen LogP contribution >= 0.6 is 15.9 Å². The lowest BCUT2D eigenvalue weighted by atomic mass is 10.0. The molecule has 1 heterocycles. The van der Waals surface area contributed by atoms with Crippen LogP contribution in [0.2, 0.25) is 0 Å². The molecule has 0 spiro atoms. The topological polar surface area (TPSA) is 29.5 Å². The fourth-order valence-electron chi connectivity index (χ4n) is 1.53. The summed E-state index contributed by atoms with van der Waals surface area (Å²) in [4.78, 5) is 0. The standard InChI is InChI=1S/C10H11BrO2/c11-8-3-1-7-2-4-9(6-12)13-10(7)5-8/h1,3,5,9,12H,2,4,6H2. The normalized spacial score (nSPS) is 20.6. The second kappa shape index (κ2) is 3.68. The molecule has 0 bridgehead atoms. The Hall–Kier alpha value is -0.540. The second-order valence-electron chi connectivity index (χ2n) is 3.21. The first-order valence-electron chi connectivity index (χ1n) is 4.35. The predicted octanol–water partition coefficient (Wildman–Crippen LogP) is 2.13. The molecule has 13 heavy (non-hydrogen) atoms. The molecule has 2 nitrogen and oxygen atoms in total. The van der Waals surface area contributed by atoms with Crippen molar-refractivity contribution in [1.29, 1.82) is 0 Å². The first kappa shape index (κ1) is 9.03. The van der Waals surface area contributed by atoms with Gasteiger partial charge in [-0.3, -0.25) is 0 Å². The third-order valence-electron chi connectivity index (χ3n) is 2.26. The van der Waals surface area contributed by atoms with Crippen molar-refractivity contribution < 1.29 is 9.84 Å². The minimum absolute atomic E-state index is 0.0261. The number of hydrogen-bond acceptors (Lipinski definition) is 2. The molecule has 1 N–H and O–H groups in total. The summed E-state index contributed by atoms with van der Waals surface area (Å²) in [6.45, 7) is 0.103. The zero-order chi connectivity index (χ0) is 9.26. The van der Waals surface area contributed by atoms with Crippen LogP contribution in [0.15, 0.2) is 22.7 Å². The quantitative estimate of drug-likeness (QED) is 0.818. The maximum absolute atomic E-state index is 8.95. The van der Waals surface area contributed by atoms with Crippen molar-refractivity contribution in [2.45, 2.75) is 18.9 Å². The lowest BCUT2D eigenvalue weighted by Crippen LogP contribution is -2.25. The van der Waals surface area contributed by atoms with E-state index >= 15 is 0 Å². The highest BCUT2D eigenvalue weighted by Gasteiger charge is 2.18. The molecule has 0 fully saturated rings. The van der Waals surface area contributed by atoms with Gasteiger partial charge in [-0.2, -0.15) is 0 Å². The van der Waals surface area contributed by atoms with Crippen molar-refractivity contribution in [1.82, 2.24) is 0 Å². The van der Waals surface area contributed by atoms with Crippen LogP contribution in [-0.4, -0.2) is 17.8 Å². The zero-order valence-corrected chi connectivity index (χ0v) is 8.75. The predicted molar refractivity (Wildman–Crippen MR) is 54.0 cm³/mol. The van der Waals surface area contributed by atoms with Gasteiger partial charge in [0.1, 0.15) is 11.9 Å². The van der Waals surface area contributed by atoms with Crippen molar-refractivity contribution in [3.05, 3.63) is 28.2 Å². The molecule has 3 heteroatoms. The summed E-state index contributed by atoms with van der Waals surface area (Å²) in [5.74, 6) is 0.902. The van der Waals surface area contributed by atoms with Crippen molar-refractivity contribution in [2.24, 2.45) is 0 Å². The molecule has 1 aliphatic rings. The molecule has 2 rings (SSSR count). The summed E-state index contributed by atoms with van der Waals surface area (Å²) in [6.07, 6.45) is 1.88. The van der Waals surface area contributed by atoms with Crippen LogP contribution in [0.1, 0.15) is 12.0 Å². The monoisotopic (exact) mass is 242 g/mol. The number of aliphatic hydroxyl groups excluding tert-OH is 1. The van der Waals surface area contributed by atoms with E-state index < -0.39 is 0 Å². The SMILES string of the molecule is OCC1CCc2ccc(Br)cc2O1. The van der Waals surface area contributed by atoms with Crippen molar-refractivity contribution in [3.63, 3.8) is 0 Å². The molecule has 1 unspecified atom stereocenters. The fraction of sp³-hybridized carbons (Fsp3) is 0.400. The summed E-state index contributed by atoms with van der Waals surface area (Å²) in [5.41, 5.74) is 1.23. The van der Waals surface area contributed by atoms with E-state index in [1.165, 1.54) is 5.56 Å². The summed E-state index contributed by atoms with van der Waals surface area (Å²) < 4.78 is 6.60. The van der Waals surface area contributed by atoms with Gasteiger partial charge < -0.3 is 9.84 Å². The molecule has 0 radical (unpaired) electrons. The van der Waals surface area contributed by atoms with Crippen LogP contribution in [0.5, 0.6) is 5.75 Å². The summed E-state index contributed by atoms with van der Waals surface area (Å²) in [7, 11) is 0. The Kier molecular flexibility index (Phi) is 2.56. The average Bonchev–Trinajstić information content (AvgIpc) is 2.16. The first-order chi connectivity index (χ1) is 6.29. The first-order valence-corrected chi connectivity index (χ1v) is 5.15. The van der Waals surface area contributed by atoms with E-state index in [1.807, 2.05) is 12.1 Å². The number of aryl methyl sites for hydroxylation is 1. The maximum Gasteiger partial charge on any atom is 0.124 e. The Morgan fingerprint density at radius 2 is 2.38 bits per heavy atom. The number of benzene rings is 1. The van der Waals surface area contributed by atoms with Gasteiger partial charge in [0.2, 0.25) is 0 Å². The van der Waals surface area contributed by atoms with E-state index in [-0.39, 0.29) is 12.7 Å². The lowest BCUT2D eigenvalue weighted by molar-refractivity contribution is 0.0977. The molecule has 1 aliphatic heterocycles. The number of ether oxygens (including phenoxy) is 1. The number of aliphatic hydroxyl groups is 1. The van der Waals surface area contributed by atoms with E-state index in [4.69, 9.17) is 9.84 Å². The molecule has 1 aromatic rings. The number of hydrogen-bond donors (Lipinski definition) is 1. The molecular formula is C10H11BrO2. The Balaban J connectivity index is 2.27. The maximum atomic E-state index is 8.95. The second-order valence-corrected chi connectivity index (χ2v) is 4.13. The largest absolute Gasteiger partial charge is 0.488 e. The Labute approximate surface area is 85.7 Å². The minimum atomic E-state index is -0.0261. The van der Waals surface area contributed by atoms with Gasteiger partial charge in [-0.25, -0.2) is 0 Å².